The zero-order valence-corrected chi connectivity index (χ0v) is 15.3. The van der Waals surface area contributed by atoms with Crippen LogP contribution in [0.25, 0.3) is 11.3 Å². The lowest BCUT2D eigenvalue weighted by atomic mass is 10.0. The Labute approximate surface area is 155 Å². The molecule has 0 saturated carbocycles. The lowest BCUT2D eigenvalue weighted by Gasteiger charge is -2.07. The average molecular weight is 363 g/mol. The molecule has 0 bridgehead atoms. The number of nitrogens with zero attached hydrogens (tertiary/aromatic N) is 2. The molecule has 0 aliphatic rings. The van der Waals surface area contributed by atoms with Gasteiger partial charge >= 0.3 is 0 Å². The molecule has 6 heteroatoms. The van der Waals surface area contributed by atoms with Crippen molar-refractivity contribution in [1.82, 2.24) is 4.98 Å². The predicted molar refractivity (Wildman–Crippen MR) is 102 cm³/mol. The molecule has 1 amide bonds. The molecule has 1 N–H and O–H groups in total. The summed E-state index contributed by atoms with van der Waals surface area (Å²) in [5, 5.41) is 14.2. The number of rotatable bonds is 5. The molecular formula is C20H17N3O2S. The fourth-order valence-corrected chi connectivity index (χ4v) is 3.18. The number of aryl methyl sites for hydroxylation is 2. The van der Waals surface area contributed by atoms with Crippen LogP contribution in [0.5, 0.6) is 5.75 Å². The number of hydrogen-bond donors (Lipinski definition) is 1. The van der Waals surface area contributed by atoms with Crippen LogP contribution in [0, 0.1) is 25.2 Å². The van der Waals surface area contributed by atoms with Gasteiger partial charge in [0.1, 0.15) is 11.8 Å². The Balaban J connectivity index is 1.65. The first-order chi connectivity index (χ1) is 12.6. The summed E-state index contributed by atoms with van der Waals surface area (Å²) >= 11 is 1.37. The highest BCUT2D eigenvalue weighted by atomic mass is 32.1. The van der Waals surface area contributed by atoms with E-state index in [9.17, 15) is 4.79 Å². The van der Waals surface area contributed by atoms with Gasteiger partial charge in [0.25, 0.3) is 5.91 Å². The van der Waals surface area contributed by atoms with Gasteiger partial charge in [0, 0.05) is 10.9 Å². The number of carbonyl (C=O) groups excluding carboxylic acids is 1. The Morgan fingerprint density at radius 3 is 2.88 bits per heavy atom. The number of benzene rings is 2. The van der Waals surface area contributed by atoms with Crippen molar-refractivity contribution in [2.75, 3.05) is 11.9 Å². The number of amides is 1. The fraction of sp³-hybridized carbons (Fsp3) is 0.150. The number of ether oxygens (including phenoxy) is 1. The van der Waals surface area contributed by atoms with Crippen LogP contribution in [-0.4, -0.2) is 17.5 Å². The summed E-state index contributed by atoms with van der Waals surface area (Å²) in [4.78, 5) is 16.6. The monoisotopic (exact) mass is 363 g/mol. The summed E-state index contributed by atoms with van der Waals surface area (Å²) in [6.07, 6.45) is 0. The number of hydrogen-bond acceptors (Lipinski definition) is 5. The molecule has 0 radical (unpaired) electrons. The fourth-order valence-electron chi connectivity index (χ4n) is 2.45. The molecule has 1 heterocycles. The number of aromatic nitrogens is 1. The van der Waals surface area contributed by atoms with Gasteiger partial charge in [-0.1, -0.05) is 29.8 Å². The Hall–Kier alpha value is -3.17. The van der Waals surface area contributed by atoms with Gasteiger partial charge in [-0.15, -0.1) is 11.3 Å². The van der Waals surface area contributed by atoms with Crippen molar-refractivity contribution in [2.45, 2.75) is 13.8 Å². The van der Waals surface area contributed by atoms with Crippen molar-refractivity contribution in [3.63, 3.8) is 0 Å². The molecule has 130 valence electrons. The zero-order chi connectivity index (χ0) is 18.5. The summed E-state index contributed by atoms with van der Waals surface area (Å²) in [7, 11) is 0. The molecule has 0 aliphatic heterocycles. The van der Waals surface area contributed by atoms with Gasteiger partial charge in [0.05, 0.1) is 11.3 Å². The maximum atomic E-state index is 12.1. The van der Waals surface area contributed by atoms with E-state index in [2.05, 4.69) is 28.5 Å². The highest BCUT2D eigenvalue weighted by molar-refractivity contribution is 7.14. The van der Waals surface area contributed by atoms with E-state index in [0.29, 0.717) is 16.4 Å². The first kappa shape index (κ1) is 17.6. The van der Waals surface area contributed by atoms with Crippen LogP contribution in [-0.2, 0) is 4.79 Å². The van der Waals surface area contributed by atoms with Crippen molar-refractivity contribution >= 4 is 22.4 Å². The second kappa shape index (κ2) is 7.81. The average Bonchev–Trinajstić information content (AvgIpc) is 3.10. The maximum absolute atomic E-state index is 12.1. The molecule has 0 aliphatic carbocycles. The number of nitriles is 1. The minimum absolute atomic E-state index is 0.183. The van der Waals surface area contributed by atoms with Gasteiger partial charge < -0.3 is 4.74 Å². The second-order valence-electron chi connectivity index (χ2n) is 5.80. The summed E-state index contributed by atoms with van der Waals surface area (Å²) < 4.78 is 5.43. The highest BCUT2D eigenvalue weighted by Crippen LogP contribution is 2.28. The molecule has 0 saturated heterocycles. The number of anilines is 1. The molecule has 3 rings (SSSR count). The van der Waals surface area contributed by atoms with E-state index in [-0.39, 0.29) is 12.5 Å². The number of carbonyl (C=O) groups is 1. The minimum atomic E-state index is -0.320. The van der Waals surface area contributed by atoms with Gasteiger partial charge in [-0.25, -0.2) is 4.98 Å². The molecule has 0 atom stereocenters. The molecular weight excluding hydrogens is 346 g/mol. The molecule has 2 aromatic carbocycles. The Morgan fingerprint density at radius 1 is 1.27 bits per heavy atom. The van der Waals surface area contributed by atoms with Crippen LogP contribution < -0.4 is 10.1 Å². The Bertz CT molecular complexity index is 989. The van der Waals surface area contributed by atoms with E-state index in [4.69, 9.17) is 10.00 Å². The Kier molecular flexibility index (Phi) is 5.30. The Morgan fingerprint density at radius 2 is 2.08 bits per heavy atom. The standard InChI is InChI=1S/C20H17N3O2S/c1-13-7-8-14(2)16(9-13)17-12-26-20(22-17)23-19(24)11-25-18-6-4-3-5-15(18)10-21/h3-9,12H,11H2,1-2H3,(H,22,23,24). The maximum Gasteiger partial charge on any atom is 0.264 e. The third-order valence-corrected chi connectivity index (χ3v) is 4.54. The lowest BCUT2D eigenvalue weighted by Crippen LogP contribution is -2.20. The van der Waals surface area contributed by atoms with E-state index in [0.717, 1.165) is 22.4 Å². The number of para-hydroxylation sites is 1. The zero-order valence-electron chi connectivity index (χ0n) is 14.4. The SMILES string of the molecule is Cc1ccc(C)c(-c2csc(NC(=O)COc3ccccc3C#N)n2)c1. The molecule has 0 spiro atoms. The lowest BCUT2D eigenvalue weighted by molar-refractivity contribution is -0.118. The molecule has 26 heavy (non-hydrogen) atoms. The van der Waals surface area contributed by atoms with Gasteiger partial charge in [-0.3, -0.25) is 10.1 Å². The van der Waals surface area contributed by atoms with Crippen LogP contribution in [0.1, 0.15) is 16.7 Å². The van der Waals surface area contributed by atoms with Crippen LogP contribution in [0.2, 0.25) is 0 Å². The van der Waals surface area contributed by atoms with Crippen molar-refractivity contribution < 1.29 is 9.53 Å². The molecule has 3 aromatic rings. The van der Waals surface area contributed by atoms with E-state index >= 15 is 0 Å². The van der Waals surface area contributed by atoms with E-state index in [1.807, 2.05) is 25.3 Å². The third kappa shape index (κ3) is 4.08. The molecule has 0 fully saturated rings. The van der Waals surface area contributed by atoms with Gasteiger partial charge in [-0.2, -0.15) is 5.26 Å². The summed E-state index contributed by atoms with van der Waals surface area (Å²) in [5.74, 6) is 0.0694. The first-order valence-corrected chi connectivity index (χ1v) is 8.89. The van der Waals surface area contributed by atoms with Crippen LogP contribution in [0.15, 0.2) is 47.8 Å². The van der Waals surface area contributed by atoms with Gasteiger partial charge in [0.15, 0.2) is 11.7 Å². The van der Waals surface area contributed by atoms with Crippen LogP contribution >= 0.6 is 11.3 Å². The normalized spacial score (nSPS) is 10.2. The van der Waals surface area contributed by atoms with Crippen molar-refractivity contribution in [1.29, 1.82) is 5.26 Å². The van der Waals surface area contributed by atoms with Crippen molar-refractivity contribution in [3.8, 4) is 23.1 Å². The molecule has 5 nitrogen and oxygen atoms in total. The molecule has 1 aromatic heterocycles. The second-order valence-corrected chi connectivity index (χ2v) is 6.66. The van der Waals surface area contributed by atoms with Crippen LogP contribution in [0.4, 0.5) is 5.13 Å². The largest absolute Gasteiger partial charge is 0.482 e. The summed E-state index contributed by atoms with van der Waals surface area (Å²) in [6, 6.07) is 15.0. The van der Waals surface area contributed by atoms with Crippen molar-refractivity contribution in [2.24, 2.45) is 0 Å². The van der Waals surface area contributed by atoms with Gasteiger partial charge in [-0.05, 0) is 37.6 Å². The van der Waals surface area contributed by atoms with E-state index in [1.165, 1.54) is 11.3 Å². The summed E-state index contributed by atoms with van der Waals surface area (Å²) in [6.45, 7) is 3.89. The highest BCUT2D eigenvalue weighted by Gasteiger charge is 2.11. The summed E-state index contributed by atoms with van der Waals surface area (Å²) in [5.41, 5.74) is 4.58. The third-order valence-electron chi connectivity index (χ3n) is 3.79. The first-order valence-electron chi connectivity index (χ1n) is 8.02. The quantitative estimate of drug-likeness (QED) is 0.733. The number of thiazole rings is 1. The topological polar surface area (TPSA) is 75.0 Å². The van der Waals surface area contributed by atoms with Crippen molar-refractivity contribution in [3.05, 3.63) is 64.5 Å². The molecule has 0 unspecified atom stereocenters. The number of nitrogens with one attached hydrogen (secondary N) is 1. The minimum Gasteiger partial charge on any atom is -0.482 e. The van der Waals surface area contributed by atoms with Crippen LogP contribution in [0.3, 0.4) is 0 Å². The smallest absolute Gasteiger partial charge is 0.264 e. The van der Waals surface area contributed by atoms with Gasteiger partial charge in [0.2, 0.25) is 0 Å². The van der Waals surface area contributed by atoms with E-state index < -0.39 is 0 Å². The van der Waals surface area contributed by atoms with E-state index in [1.54, 1.807) is 24.3 Å². The predicted octanol–water partition coefficient (Wildman–Crippen LogP) is 4.32.